The van der Waals surface area contributed by atoms with E-state index in [1.807, 2.05) is 49.0 Å². The van der Waals surface area contributed by atoms with Crippen LogP contribution in [0.25, 0.3) is 0 Å². The number of aryl methyl sites for hydroxylation is 3. The SMILES string of the molecule is Cc1ccc(C(=O)NCCCn2cccn2)c(C)c1. The first-order chi connectivity index (χ1) is 9.16. The van der Waals surface area contributed by atoms with E-state index in [0.29, 0.717) is 6.54 Å². The molecule has 0 aliphatic carbocycles. The van der Waals surface area contributed by atoms with Gasteiger partial charge in [-0.15, -0.1) is 0 Å². The second-order valence-corrected chi connectivity index (χ2v) is 4.70. The van der Waals surface area contributed by atoms with Crippen LogP contribution < -0.4 is 5.32 Å². The van der Waals surface area contributed by atoms with Gasteiger partial charge in [-0.05, 0) is 38.0 Å². The van der Waals surface area contributed by atoms with Gasteiger partial charge in [-0.3, -0.25) is 9.48 Å². The molecule has 1 heterocycles. The van der Waals surface area contributed by atoms with Gasteiger partial charge < -0.3 is 5.32 Å². The van der Waals surface area contributed by atoms with E-state index in [1.54, 1.807) is 6.20 Å². The maximum atomic E-state index is 12.0. The number of nitrogens with zero attached hydrogens (tertiary/aromatic N) is 2. The molecule has 0 aliphatic rings. The van der Waals surface area contributed by atoms with Gasteiger partial charge in [0.25, 0.3) is 5.91 Å². The van der Waals surface area contributed by atoms with Crippen molar-refractivity contribution in [3.05, 3.63) is 53.3 Å². The first-order valence-corrected chi connectivity index (χ1v) is 6.50. The van der Waals surface area contributed by atoms with Crippen LogP contribution >= 0.6 is 0 Å². The van der Waals surface area contributed by atoms with Crippen molar-refractivity contribution in [2.45, 2.75) is 26.8 Å². The molecule has 0 radical (unpaired) electrons. The quantitative estimate of drug-likeness (QED) is 0.836. The molecule has 4 heteroatoms. The minimum atomic E-state index is -0.00188. The number of hydrogen-bond acceptors (Lipinski definition) is 2. The summed E-state index contributed by atoms with van der Waals surface area (Å²) in [5.41, 5.74) is 2.95. The van der Waals surface area contributed by atoms with Crippen LogP contribution in [0.1, 0.15) is 27.9 Å². The van der Waals surface area contributed by atoms with Crippen molar-refractivity contribution < 1.29 is 4.79 Å². The Bertz CT molecular complexity index is 547. The molecule has 4 nitrogen and oxygen atoms in total. The minimum Gasteiger partial charge on any atom is -0.352 e. The van der Waals surface area contributed by atoms with E-state index >= 15 is 0 Å². The fourth-order valence-corrected chi connectivity index (χ4v) is 2.04. The summed E-state index contributed by atoms with van der Waals surface area (Å²) in [4.78, 5) is 12.0. The third kappa shape index (κ3) is 3.68. The van der Waals surface area contributed by atoms with Crippen molar-refractivity contribution in [3.8, 4) is 0 Å². The molecule has 0 spiro atoms. The van der Waals surface area contributed by atoms with Crippen LogP contribution in [-0.2, 0) is 6.54 Å². The number of amides is 1. The van der Waals surface area contributed by atoms with Gasteiger partial charge in [0.1, 0.15) is 0 Å². The molecular weight excluding hydrogens is 238 g/mol. The Morgan fingerprint density at radius 2 is 2.21 bits per heavy atom. The number of rotatable bonds is 5. The van der Waals surface area contributed by atoms with E-state index in [1.165, 1.54) is 5.56 Å². The Balaban J connectivity index is 1.81. The average Bonchev–Trinajstić information content (AvgIpc) is 2.87. The van der Waals surface area contributed by atoms with Crippen LogP contribution in [-0.4, -0.2) is 22.2 Å². The fraction of sp³-hybridized carbons (Fsp3) is 0.333. The lowest BCUT2D eigenvalue weighted by atomic mass is 10.1. The molecule has 1 aromatic heterocycles. The normalized spacial score (nSPS) is 10.4. The highest BCUT2D eigenvalue weighted by Crippen LogP contribution is 2.10. The topological polar surface area (TPSA) is 46.9 Å². The number of aromatic nitrogens is 2. The molecule has 0 saturated carbocycles. The number of carbonyl (C=O) groups excluding carboxylic acids is 1. The predicted molar refractivity (Wildman–Crippen MR) is 75.1 cm³/mol. The minimum absolute atomic E-state index is 0.00188. The van der Waals surface area contributed by atoms with Crippen molar-refractivity contribution in [2.75, 3.05) is 6.54 Å². The van der Waals surface area contributed by atoms with Gasteiger partial charge >= 0.3 is 0 Å². The number of carbonyl (C=O) groups is 1. The molecular formula is C15H19N3O. The van der Waals surface area contributed by atoms with Crippen LogP contribution in [0, 0.1) is 13.8 Å². The standard InChI is InChI=1S/C15H19N3O/c1-12-5-6-14(13(2)11-12)15(19)16-7-3-9-18-10-4-8-17-18/h4-6,8,10-11H,3,7,9H2,1-2H3,(H,16,19). The Morgan fingerprint density at radius 1 is 1.37 bits per heavy atom. The van der Waals surface area contributed by atoms with Gasteiger partial charge in [0.15, 0.2) is 0 Å². The van der Waals surface area contributed by atoms with Crippen LogP contribution in [0.5, 0.6) is 0 Å². The Kier molecular flexibility index (Phi) is 4.34. The maximum Gasteiger partial charge on any atom is 0.251 e. The molecule has 0 unspecified atom stereocenters. The molecule has 100 valence electrons. The summed E-state index contributed by atoms with van der Waals surface area (Å²) in [6.45, 7) is 5.47. The summed E-state index contributed by atoms with van der Waals surface area (Å²) < 4.78 is 1.86. The lowest BCUT2D eigenvalue weighted by Crippen LogP contribution is -2.26. The fourth-order valence-electron chi connectivity index (χ4n) is 2.04. The van der Waals surface area contributed by atoms with Gasteiger partial charge in [0.05, 0.1) is 0 Å². The van der Waals surface area contributed by atoms with Crippen molar-refractivity contribution >= 4 is 5.91 Å². The van der Waals surface area contributed by atoms with Crippen LogP contribution in [0.2, 0.25) is 0 Å². The van der Waals surface area contributed by atoms with Crippen LogP contribution in [0.15, 0.2) is 36.7 Å². The highest BCUT2D eigenvalue weighted by Gasteiger charge is 2.07. The predicted octanol–water partition coefficient (Wildman–Crippen LogP) is 2.32. The van der Waals surface area contributed by atoms with Crippen molar-refractivity contribution in [1.29, 1.82) is 0 Å². The lowest BCUT2D eigenvalue weighted by molar-refractivity contribution is 0.0952. The van der Waals surface area contributed by atoms with E-state index in [4.69, 9.17) is 0 Å². The summed E-state index contributed by atoms with van der Waals surface area (Å²) in [6.07, 6.45) is 4.55. The van der Waals surface area contributed by atoms with Crippen molar-refractivity contribution in [2.24, 2.45) is 0 Å². The molecule has 0 atom stereocenters. The number of nitrogens with one attached hydrogen (secondary N) is 1. The molecule has 1 amide bonds. The largest absolute Gasteiger partial charge is 0.352 e. The molecule has 19 heavy (non-hydrogen) atoms. The lowest BCUT2D eigenvalue weighted by Gasteiger charge is -2.08. The van der Waals surface area contributed by atoms with E-state index in [9.17, 15) is 4.79 Å². The van der Waals surface area contributed by atoms with E-state index < -0.39 is 0 Å². The van der Waals surface area contributed by atoms with Crippen molar-refractivity contribution in [3.63, 3.8) is 0 Å². The van der Waals surface area contributed by atoms with Gasteiger partial charge in [-0.25, -0.2) is 0 Å². The zero-order valence-electron chi connectivity index (χ0n) is 11.4. The van der Waals surface area contributed by atoms with Gasteiger partial charge in [-0.2, -0.15) is 5.10 Å². The van der Waals surface area contributed by atoms with E-state index in [0.717, 1.165) is 24.1 Å². The first-order valence-electron chi connectivity index (χ1n) is 6.50. The first kappa shape index (κ1) is 13.3. The molecule has 0 bridgehead atoms. The Labute approximate surface area is 113 Å². The third-order valence-electron chi connectivity index (χ3n) is 3.04. The van der Waals surface area contributed by atoms with Gasteiger partial charge in [-0.1, -0.05) is 17.7 Å². The van der Waals surface area contributed by atoms with Crippen molar-refractivity contribution in [1.82, 2.24) is 15.1 Å². The zero-order valence-corrected chi connectivity index (χ0v) is 11.4. The monoisotopic (exact) mass is 257 g/mol. The average molecular weight is 257 g/mol. The molecule has 1 N–H and O–H groups in total. The molecule has 2 rings (SSSR count). The number of hydrogen-bond donors (Lipinski definition) is 1. The maximum absolute atomic E-state index is 12.0. The van der Waals surface area contributed by atoms with E-state index in [2.05, 4.69) is 10.4 Å². The zero-order chi connectivity index (χ0) is 13.7. The molecule has 2 aromatic rings. The Hall–Kier alpha value is -2.10. The molecule has 1 aromatic carbocycles. The second-order valence-electron chi connectivity index (χ2n) is 4.70. The number of benzene rings is 1. The summed E-state index contributed by atoms with van der Waals surface area (Å²) in [6, 6.07) is 7.77. The highest BCUT2D eigenvalue weighted by atomic mass is 16.1. The molecule has 0 aliphatic heterocycles. The third-order valence-corrected chi connectivity index (χ3v) is 3.04. The second kappa shape index (κ2) is 6.18. The Morgan fingerprint density at radius 3 is 2.89 bits per heavy atom. The summed E-state index contributed by atoms with van der Waals surface area (Å²) in [5, 5.41) is 7.06. The molecule has 0 saturated heterocycles. The summed E-state index contributed by atoms with van der Waals surface area (Å²) in [5.74, 6) is -0.00188. The van der Waals surface area contributed by atoms with Crippen LogP contribution in [0.3, 0.4) is 0 Å². The highest BCUT2D eigenvalue weighted by molar-refractivity contribution is 5.95. The van der Waals surface area contributed by atoms with E-state index in [-0.39, 0.29) is 5.91 Å². The van der Waals surface area contributed by atoms with Gasteiger partial charge in [0, 0.05) is 31.0 Å². The summed E-state index contributed by atoms with van der Waals surface area (Å²) in [7, 11) is 0. The smallest absolute Gasteiger partial charge is 0.251 e. The van der Waals surface area contributed by atoms with Gasteiger partial charge in [0.2, 0.25) is 0 Å². The van der Waals surface area contributed by atoms with Crippen LogP contribution in [0.4, 0.5) is 0 Å². The summed E-state index contributed by atoms with van der Waals surface area (Å²) >= 11 is 0. The molecule has 0 fully saturated rings.